The van der Waals surface area contributed by atoms with E-state index >= 15 is 0 Å². The Morgan fingerprint density at radius 3 is 2.24 bits per heavy atom. The first-order chi connectivity index (χ1) is 13.5. The molecule has 3 rings (SSSR count). The van der Waals surface area contributed by atoms with E-state index in [1.807, 2.05) is 18.7 Å². The summed E-state index contributed by atoms with van der Waals surface area (Å²) in [5, 5.41) is 4.99. The summed E-state index contributed by atoms with van der Waals surface area (Å²) in [6.45, 7) is 5.59. The number of sulfonamides is 1. The van der Waals surface area contributed by atoms with Gasteiger partial charge in [-0.15, -0.1) is 0 Å². The van der Waals surface area contributed by atoms with E-state index in [-0.39, 0.29) is 11.6 Å². The number of nitrogens with zero attached hydrogens (tertiary/aromatic N) is 4. The van der Waals surface area contributed by atoms with Crippen molar-refractivity contribution in [3.05, 3.63) is 41.9 Å². The number of hydrogen-bond donors (Lipinski definition) is 1. The molecule has 1 aromatic carbocycles. The van der Waals surface area contributed by atoms with Gasteiger partial charge in [0.25, 0.3) is 0 Å². The van der Waals surface area contributed by atoms with Crippen LogP contribution in [0, 0.1) is 0 Å². The number of primary sulfonamides is 1. The van der Waals surface area contributed by atoms with E-state index in [4.69, 9.17) is 5.14 Å². The minimum atomic E-state index is -4.70. The molecule has 1 saturated heterocycles. The van der Waals surface area contributed by atoms with Gasteiger partial charge in [0.15, 0.2) is 0 Å². The predicted octanol–water partition coefficient (Wildman–Crippen LogP) is 2.59. The first kappa shape index (κ1) is 21.3. The number of hydrogen-bond acceptors (Lipinski definition) is 6. The summed E-state index contributed by atoms with van der Waals surface area (Å²) in [4.78, 5) is 11.8. The second kappa shape index (κ2) is 7.79. The molecule has 1 aliphatic rings. The van der Waals surface area contributed by atoms with Crippen LogP contribution in [-0.2, 0) is 16.2 Å². The van der Waals surface area contributed by atoms with Crippen molar-refractivity contribution in [2.45, 2.75) is 30.8 Å². The molecule has 158 valence electrons. The topological polar surface area (TPSA) is 92.4 Å². The molecule has 0 bridgehead atoms. The first-order valence-electron chi connectivity index (χ1n) is 9.03. The fourth-order valence-corrected chi connectivity index (χ4v) is 3.73. The van der Waals surface area contributed by atoms with Crippen molar-refractivity contribution >= 4 is 21.5 Å². The summed E-state index contributed by atoms with van der Waals surface area (Å²) >= 11 is 0. The van der Waals surface area contributed by atoms with Gasteiger partial charge >= 0.3 is 6.18 Å². The van der Waals surface area contributed by atoms with Crippen LogP contribution in [0.1, 0.15) is 31.2 Å². The molecular formula is C18H22F3N5O2S. The molecule has 0 spiro atoms. The summed E-state index contributed by atoms with van der Waals surface area (Å²) < 4.78 is 63.5. The SMILES string of the molecule is CC(C)c1nccc(N2CCN(c3ccc(S(N)(=O)=O)cc3C(F)(F)F)CC2)n1. The third-order valence-corrected chi connectivity index (χ3v) is 5.63. The zero-order chi connectivity index (χ0) is 21.4. The van der Waals surface area contributed by atoms with E-state index in [0.29, 0.717) is 38.1 Å². The molecule has 2 aromatic rings. The molecule has 0 unspecified atom stereocenters. The Morgan fingerprint density at radius 1 is 1.07 bits per heavy atom. The molecule has 0 aliphatic carbocycles. The van der Waals surface area contributed by atoms with Gasteiger partial charge in [-0.05, 0) is 24.3 Å². The predicted molar refractivity (Wildman–Crippen MR) is 103 cm³/mol. The average molecular weight is 429 g/mol. The second-order valence-corrected chi connectivity index (χ2v) is 8.68. The van der Waals surface area contributed by atoms with Crippen molar-refractivity contribution in [1.82, 2.24) is 9.97 Å². The molecule has 0 amide bonds. The molecule has 7 nitrogen and oxygen atoms in total. The lowest BCUT2D eigenvalue weighted by molar-refractivity contribution is -0.137. The van der Waals surface area contributed by atoms with Crippen LogP contribution in [0.2, 0.25) is 0 Å². The maximum absolute atomic E-state index is 13.5. The smallest absolute Gasteiger partial charge is 0.367 e. The van der Waals surface area contributed by atoms with Crippen LogP contribution in [0.4, 0.5) is 24.7 Å². The number of halogens is 3. The Morgan fingerprint density at radius 2 is 1.69 bits per heavy atom. The van der Waals surface area contributed by atoms with E-state index in [1.165, 1.54) is 6.07 Å². The molecule has 1 fully saturated rings. The van der Waals surface area contributed by atoms with Gasteiger partial charge in [0.1, 0.15) is 11.6 Å². The highest BCUT2D eigenvalue weighted by molar-refractivity contribution is 7.89. The molecular weight excluding hydrogens is 407 g/mol. The Bertz CT molecular complexity index is 987. The van der Waals surface area contributed by atoms with Gasteiger partial charge in [-0.1, -0.05) is 13.8 Å². The molecule has 2 heterocycles. The summed E-state index contributed by atoms with van der Waals surface area (Å²) in [5.74, 6) is 1.62. The van der Waals surface area contributed by atoms with Gasteiger partial charge in [-0.25, -0.2) is 23.5 Å². The monoisotopic (exact) mass is 429 g/mol. The summed E-state index contributed by atoms with van der Waals surface area (Å²) in [6, 6.07) is 4.64. The van der Waals surface area contributed by atoms with Crippen LogP contribution in [0.5, 0.6) is 0 Å². The van der Waals surface area contributed by atoms with Gasteiger partial charge in [0.2, 0.25) is 10.0 Å². The van der Waals surface area contributed by atoms with Gasteiger partial charge in [-0.3, -0.25) is 0 Å². The molecule has 2 N–H and O–H groups in total. The highest BCUT2D eigenvalue weighted by Gasteiger charge is 2.36. The Kier molecular flexibility index (Phi) is 5.72. The van der Waals surface area contributed by atoms with Crippen molar-refractivity contribution in [2.75, 3.05) is 36.0 Å². The van der Waals surface area contributed by atoms with Crippen molar-refractivity contribution in [3.8, 4) is 0 Å². The minimum absolute atomic E-state index is 0.0601. The largest absolute Gasteiger partial charge is 0.418 e. The number of rotatable bonds is 4. The Labute approximate surface area is 167 Å². The van der Waals surface area contributed by atoms with Gasteiger partial charge in [0.05, 0.1) is 10.5 Å². The van der Waals surface area contributed by atoms with Crippen LogP contribution in [0.25, 0.3) is 0 Å². The molecule has 0 atom stereocenters. The van der Waals surface area contributed by atoms with Crippen LogP contribution >= 0.6 is 0 Å². The van der Waals surface area contributed by atoms with Gasteiger partial charge in [0, 0.05) is 44.0 Å². The highest BCUT2D eigenvalue weighted by atomic mass is 32.2. The van der Waals surface area contributed by atoms with Crippen LogP contribution in [-0.4, -0.2) is 44.6 Å². The van der Waals surface area contributed by atoms with Gasteiger partial charge < -0.3 is 9.80 Å². The van der Waals surface area contributed by atoms with E-state index in [2.05, 4.69) is 9.97 Å². The maximum Gasteiger partial charge on any atom is 0.418 e. The number of anilines is 2. The summed E-state index contributed by atoms with van der Waals surface area (Å²) in [7, 11) is -4.23. The van der Waals surface area contributed by atoms with Crippen LogP contribution in [0.15, 0.2) is 35.4 Å². The normalized spacial score (nSPS) is 15.8. The number of benzene rings is 1. The quantitative estimate of drug-likeness (QED) is 0.803. The van der Waals surface area contributed by atoms with Crippen molar-refractivity contribution < 1.29 is 21.6 Å². The van der Waals surface area contributed by atoms with Crippen molar-refractivity contribution in [3.63, 3.8) is 0 Å². The van der Waals surface area contributed by atoms with E-state index in [1.54, 1.807) is 17.2 Å². The zero-order valence-electron chi connectivity index (χ0n) is 16.0. The highest BCUT2D eigenvalue weighted by Crippen LogP contribution is 2.38. The Hall–Kier alpha value is -2.40. The molecule has 1 aromatic heterocycles. The molecule has 0 radical (unpaired) electrons. The molecule has 11 heteroatoms. The number of aromatic nitrogens is 2. The molecule has 1 aliphatic heterocycles. The van der Waals surface area contributed by atoms with E-state index in [9.17, 15) is 21.6 Å². The summed E-state index contributed by atoms with van der Waals surface area (Å²) in [5.41, 5.74) is -1.07. The van der Waals surface area contributed by atoms with Crippen molar-refractivity contribution in [1.29, 1.82) is 0 Å². The lowest BCUT2D eigenvalue weighted by Crippen LogP contribution is -2.47. The average Bonchev–Trinajstić information content (AvgIpc) is 2.66. The fraction of sp³-hybridized carbons (Fsp3) is 0.444. The zero-order valence-corrected chi connectivity index (χ0v) is 16.8. The van der Waals surface area contributed by atoms with Crippen LogP contribution < -0.4 is 14.9 Å². The number of nitrogens with two attached hydrogens (primary N) is 1. The third-order valence-electron chi connectivity index (χ3n) is 4.72. The number of piperazine rings is 1. The third kappa shape index (κ3) is 4.78. The standard InChI is InChI=1S/C18H22F3N5O2S/c1-12(2)17-23-6-5-16(24-17)26-9-7-25(8-10-26)15-4-3-13(29(22,27)28)11-14(15)18(19,20)21/h3-6,11-12H,7-10H2,1-2H3,(H2,22,27,28). The fourth-order valence-electron chi connectivity index (χ4n) is 3.19. The molecule has 29 heavy (non-hydrogen) atoms. The first-order valence-corrected chi connectivity index (χ1v) is 10.6. The summed E-state index contributed by atoms with van der Waals surface area (Å²) in [6.07, 6.45) is -3.02. The van der Waals surface area contributed by atoms with E-state index < -0.39 is 26.7 Å². The maximum atomic E-state index is 13.5. The van der Waals surface area contributed by atoms with Gasteiger partial charge in [-0.2, -0.15) is 13.2 Å². The van der Waals surface area contributed by atoms with Crippen LogP contribution in [0.3, 0.4) is 0 Å². The minimum Gasteiger partial charge on any atom is -0.367 e. The lowest BCUT2D eigenvalue weighted by Gasteiger charge is -2.37. The Balaban J connectivity index is 1.83. The second-order valence-electron chi connectivity index (χ2n) is 7.12. The van der Waals surface area contributed by atoms with Crippen molar-refractivity contribution in [2.24, 2.45) is 5.14 Å². The van der Waals surface area contributed by atoms with E-state index in [0.717, 1.165) is 11.9 Å². The number of alkyl halides is 3. The molecule has 0 saturated carbocycles. The lowest BCUT2D eigenvalue weighted by atomic mass is 10.1.